The number of hydrogen-bond donors (Lipinski definition) is 1. The first-order valence-electron chi connectivity index (χ1n) is 10.1. The minimum Gasteiger partial charge on any atom is -0.486 e. The molecule has 1 aromatic rings. The van der Waals surface area contributed by atoms with Gasteiger partial charge in [0, 0.05) is 38.3 Å². The Morgan fingerprint density at radius 2 is 1.93 bits per heavy atom. The highest BCUT2D eigenvalue weighted by Crippen LogP contribution is 2.18. The molecular formula is C20H30FN5O4. The van der Waals surface area contributed by atoms with Gasteiger partial charge < -0.3 is 24.4 Å². The van der Waals surface area contributed by atoms with Gasteiger partial charge >= 0.3 is 6.09 Å². The van der Waals surface area contributed by atoms with Crippen molar-refractivity contribution in [1.82, 2.24) is 20.2 Å². The Bertz CT molecular complexity index is 726. The van der Waals surface area contributed by atoms with Gasteiger partial charge in [-0.3, -0.25) is 4.90 Å². The van der Waals surface area contributed by atoms with Crippen molar-refractivity contribution in [2.45, 2.75) is 32.4 Å². The van der Waals surface area contributed by atoms with E-state index >= 15 is 0 Å². The third kappa shape index (κ3) is 6.53. The molecule has 9 nitrogen and oxygen atoms in total. The van der Waals surface area contributed by atoms with Crippen LogP contribution in [0.25, 0.3) is 0 Å². The van der Waals surface area contributed by atoms with E-state index in [1.165, 1.54) is 0 Å². The van der Waals surface area contributed by atoms with E-state index < -0.39 is 11.7 Å². The molecule has 1 N–H and O–H groups in total. The third-order valence-corrected chi connectivity index (χ3v) is 4.79. The molecule has 2 aliphatic heterocycles. The summed E-state index contributed by atoms with van der Waals surface area (Å²) in [6, 6.07) is 0.548. The Labute approximate surface area is 176 Å². The molecule has 0 aliphatic carbocycles. The smallest absolute Gasteiger partial charge is 0.407 e. The molecule has 10 heteroatoms. The van der Waals surface area contributed by atoms with Crippen molar-refractivity contribution < 1.29 is 23.4 Å². The molecule has 0 spiro atoms. The van der Waals surface area contributed by atoms with E-state index in [9.17, 15) is 9.18 Å². The maximum absolute atomic E-state index is 13.1. The van der Waals surface area contributed by atoms with Crippen LogP contribution in [0, 0.1) is 0 Å². The summed E-state index contributed by atoms with van der Waals surface area (Å²) in [4.78, 5) is 25.0. The lowest BCUT2D eigenvalue weighted by atomic mass is 10.2. The summed E-state index contributed by atoms with van der Waals surface area (Å²) >= 11 is 0. The molecule has 2 saturated heterocycles. The van der Waals surface area contributed by atoms with Crippen LogP contribution < -0.4 is 15.0 Å². The van der Waals surface area contributed by atoms with Crippen LogP contribution in [-0.4, -0.2) is 85.1 Å². The highest BCUT2D eigenvalue weighted by molar-refractivity contribution is 5.68. The van der Waals surface area contributed by atoms with Crippen LogP contribution in [0.2, 0.25) is 0 Å². The van der Waals surface area contributed by atoms with E-state index in [1.54, 1.807) is 33.2 Å². The number of piperazine rings is 1. The number of carbonyl (C=O) groups is 1. The molecule has 0 aromatic carbocycles. The topological polar surface area (TPSA) is 89.1 Å². The fourth-order valence-corrected chi connectivity index (χ4v) is 3.07. The molecule has 0 atom stereocenters. The van der Waals surface area contributed by atoms with Crippen molar-refractivity contribution in [3.05, 3.63) is 24.3 Å². The molecule has 2 aliphatic rings. The largest absolute Gasteiger partial charge is 0.486 e. The molecule has 0 unspecified atom stereocenters. The fourth-order valence-electron chi connectivity index (χ4n) is 3.07. The van der Waals surface area contributed by atoms with Crippen molar-refractivity contribution in [3.63, 3.8) is 0 Å². The molecule has 30 heavy (non-hydrogen) atoms. The zero-order valence-electron chi connectivity index (χ0n) is 17.8. The Balaban J connectivity index is 1.41. The van der Waals surface area contributed by atoms with Crippen molar-refractivity contribution in [2.75, 3.05) is 57.4 Å². The van der Waals surface area contributed by atoms with Gasteiger partial charge in [-0.25, -0.2) is 19.2 Å². The van der Waals surface area contributed by atoms with E-state index in [2.05, 4.69) is 25.1 Å². The minimum atomic E-state index is -0.614. The number of ether oxygens (including phenoxy) is 3. The summed E-state index contributed by atoms with van der Waals surface area (Å²) in [5, 5.41) is 2.50. The standard InChI is InChI=1S/C20H30FN5O4/c1-20(2,3)30-19(27)24-9-15(8-21)12-29-17-10-22-18(23-11-17)26-6-4-25(5-7-26)16-13-28-14-16/h8,10-11,16H,4-7,9,12-14H2,1-3H3,(H,24,27)/b15-8+. The number of carbonyl (C=O) groups excluding carboxylic acids is 1. The van der Waals surface area contributed by atoms with Gasteiger partial charge in [-0.1, -0.05) is 0 Å². The lowest BCUT2D eigenvalue weighted by molar-refractivity contribution is -0.0661. The van der Waals surface area contributed by atoms with Crippen molar-refractivity contribution in [1.29, 1.82) is 0 Å². The highest BCUT2D eigenvalue weighted by Gasteiger charge is 2.29. The normalized spacial score (nSPS) is 18.7. The molecule has 3 heterocycles. The summed E-state index contributed by atoms with van der Waals surface area (Å²) in [5.41, 5.74) is -0.349. The summed E-state index contributed by atoms with van der Waals surface area (Å²) < 4.78 is 29.0. The molecule has 166 valence electrons. The van der Waals surface area contributed by atoms with Crippen LogP contribution in [0.5, 0.6) is 5.75 Å². The molecule has 1 amide bonds. The number of anilines is 1. The van der Waals surface area contributed by atoms with Crippen LogP contribution in [0.1, 0.15) is 20.8 Å². The number of amides is 1. The van der Waals surface area contributed by atoms with Gasteiger partial charge in [0.2, 0.25) is 5.95 Å². The predicted octanol–water partition coefficient (Wildman–Crippen LogP) is 1.75. The van der Waals surface area contributed by atoms with Gasteiger partial charge in [-0.15, -0.1) is 0 Å². The minimum absolute atomic E-state index is 0.0132. The van der Waals surface area contributed by atoms with E-state index in [4.69, 9.17) is 14.2 Å². The Hall–Kier alpha value is -2.46. The second-order valence-electron chi connectivity index (χ2n) is 8.34. The average molecular weight is 423 g/mol. The summed E-state index contributed by atoms with van der Waals surface area (Å²) in [6.45, 7) is 10.5. The quantitative estimate of drug-likeness (QED) is 0.710. The first-order valence-corrected chi connectivity index (χ1v) is 10.1. The monoisotopic (exact) mass is 423 g/mol. The van der Waals surface area contributed by atoms with E-state index in [-0.39, 0.29) is 18.7 Å². The molecule has 0 radical (unpaired) electrons. The zero-order valence-corrected chi connectivity index (χ0v) is 17.8. The number of alkyl carbamates (subject to hydrolysis) is 1. The lowest BCUT2D eigenvalue weighted by Crippen LogP contribution is -2.56. The molecule has 1 aromatic heterocycles. The van der Waals surface area contributed by atoms with Crippen LogP contribution in [0.3, 0.4) is 0 Å². The second-order valence-corrected chi connectivity index (χ2v) is 8.34. The van der Waals surface area contributed by atoms with Crippen LogP contribution in [-0.2, 0) is 9.47 Å². The molecule has 2 fully saturated rings. The maximum Gasteiger partial charge on any atom is 0.407 e. The summed E-state index contributed by atoms with van der Waals surface area (Å²) in [7, 11) is 0. The van der Waals surface area contributed by atoms with Gasteiger partial charge in [0.1, 0.15) is 12.2 Å². The second kappa shape index (κ2) is 10.0. The summed E-state index contributed by atoms with van der Waals surface area (Å²) in [6.07, 6.45) is 2.95. The lowest BCUT2D eigenvalue weighted by Gasteiger charge is -2.42. The Morgan fingerprint density at radius 3 is 2.47 bits per heavy atom. The van der Waals surface area contributed by atoms with Gasteiger partial charge in [0.25, 0.3) is 0 Å². The van der Waals surface area contributed by atoms with Crippen LogP contribution >= 0.6 is 0 Å². The Morgan fingerprint density at radius 1 is 1.27 bits per heavy atom. The van der Waals surface area contributed by atoms with Crippen molar-refractivity contribution in [2.24, 2.45) is 0 Å². The van der Waals surface area contributed by atoms with E-state index in [0.29, 0.717) is 24.1 Å². The predicted molar refractivity (Wildman–Crippen MR) is 109 cm³/mol. The highest BCUT2D eigenvalue weighted by atomic mass is 19.1. The SMILES string of the molecule is CC(C)(C)OC(=O)NC/C(=C\F)COc1cnc(N2CCN(C3COC3)CC2)nc1. The van der Waals surface area contributed by atoms with Crippen LogP contribution in [0.15, 0.2) is 24.3 Å². The van der Waals surface area contributed by atoms with Crippen LogP contribution in [0.4, 0.5) is 15.1 Å². The van der Waals surface area contributed by atoms with Crippen molar-refractivity contribution in [3.8, 4) is 5.75 Å². The van der Waals surface area contributed by atoms with E-state index in [1.807, 2.05) is 0 Å². The first-order chi connectivity index (χ1) is 14.3. The van der Waals surface area contributed by atoms with Gasteiger partial charge in [0.05, 0.1) is 38.0 Å². The first kappa shape index (κ1) is 22.2. The fraction of sp³-hybridized carbons (Fsp3) is 0.650. The number of hydrogen-bond acceptors (Lipinski definition) is 8. The third-order valence-electron chi connectivity index (χ3n) is 4.79. The molecule has 0 bridgehead atoms. The zero-order chi connectivity index (χ0) is 21.6. The average Bonchev–Trinajstić information content (AvgIpc) is 2.66. The van der Waals surface area contributed by atoms with E-state index in [0.717, 1.165) is 39.4 Å². The van der Waals surface area contributed by atoms with Crippen molar-refractivity contribution >= 4 is 12.0 Å². The number of rotatable bonds is 7. The molecular weight excluding hydrogens is 393 g/mol. The number of nitrogens with zero attached hydrogens (tertiary/aromatic N) is 4. The molecule has 0 saturated carbocycles. The van der Waals surface area contributed by atoms with Gasteiger partial charge in [-0.2, -0.15) is 0 Å². The number of aromatic nitrogens is 2. The molecule has 3 rings (SSSR count). The number of nitrogens with one attached hydrogen (secondary N) is 1. The Kier molecular flexibility index (Phi) is 7.43. The van der Waals surface area contributed by atoms with Gasteiger partial charge in [-0.05, 0) is 20.8 Å². The van der Waals surface area contributed by atoms with Gasteiger partial charge in [0.15, 0.2) is 5.75 Å². The summed E-state index contributed by atoms with van der Waals surface area (Å²) in [5.74, 6) is 1.08. The number of halogens is 1. The maximum atomic E-state index is 13.1.